The van der Waals surface area contributed by atoms with Gasteiger partial charge < -0.3 is 4.74 Å². The predicted octanol–water partition coefficient (Wildman–Crippen LogP) is 0.990. The van der Waals surface area contributed by atoms with Gasteiger partial charge in [-0.15, -0.1) is 0 Å². The lowest BCUT2D eigenvalue weighted by Gasteiger charge is -1.98. The van der Waals surface area contributed by atoms with Crippen LogP contribution < -0.4 is 4.57 Å². The molecular formula is C10H14NO+. The van der Waals surface area contributed by atoms with Gasteiger partial charge in [-0.25, -0.2) is 0 Å². The highest BCUT2D eigenvalue weighted by molar-refractivity contribution is 5.08. The summed E-state index contributed by atoms with van der Waals surface area (Å²) in [6.07, 6.45) is 2.60. The fourth-order valence-electron chi connectivity index (χ4n) is 1.38. The first-order valence-corrected chi connectivity index (χ1v) is 4.34. The molecule has 1 atom stereocenters. The molecular weight excluding hydrogens is 150 g/mol. The van der Waals surface area contributed by atoms with Gasteiger partial charge in [0.2, 0.25) is 0 Å². The maximum absolute atomic E-state index is 5.18. The summed E-state index contributed by atoms with van der Waals surface area (Å²) in [5, 5.41) is 0. The number of ether oxygens (including phenoxy) is 1. The molecule has 2 rings (SSSR count). The summed E-state index contributed by atoms with van der Waals surface area (Å²) in [6.45, 7) is 6.19. The molecule has 12 heavy (non-hydrogen) atoms. The molecule has 1 fully saturated rings. The third-order valence-electron chi connectivity index (χ3n) is 2.21. The van der Waals surface area contributed by atoms with Crippen molar-refractivity contribution < 1.29 is 9.30 Å². The van der Waals surface area contributed by atoms with Crippen molar-refractivity contribution in [3.63, 3.8) is 0 Å². The Morgan fingerprint density at radius 2 is 2.33 bits per heavy atom. The van der Waals surface area contributed by atoms with E-state index >= 15 is 0 Å². The van der Waals surface area contributed by atoms with Crippen LogP contribution in [-0.4, -0.2) is 12.7 Å². The highest BCUT2D eigenvalue weighted by Gasteiger charge is 2.27. The van der Waals surface area contributed by atoms with Crippen LogP contribution in [0.15, 0.2) is 18.3 Å². The number of rotatable bonds is 2. The largest absolute Gasteiger partial charge is 0.366 e. The molecule has 2 heterocycles. The Balaban J connectivity index is 2.18. The Labute approximate surface area is 72.8 Å². The number of hydrogen-bond donors (Lipinski definition) is 0. The molecule has 0 spiro atoms. The maximum Gasteiger partial charge on any atom is 0.178 e. The maximum atomic E-state index is 5.18. The van der Waals surface area contributed by atoms with E-state index < -0.39 is 0 Å². The average Bonchev–Trinajstić information content (AvgIpc) is 2.79. The van der Waals surface area contributed by atoms with Crippen molar-refractivity contribution in [3.05, 3.63) is 29.6 Å². The molecule has 1 aromatic rings. The molecule has 0 bridgehead atoms. The van der Waals surface area contributed by atoms with Crippen LogP contribution in [0.3, 0.4) is 0 Å². The third-order valence-corrected chi connectivity index (χ3v) is 2.21. The van der Waals surface area contributed by atoms with E-state index in [1.165, 1.54) is 11.3 Å². The van der Waals surface area contributed by atoms with E-state index in [4.69, 9.17) is 4.74 Å². The molecule has 1 saturated heterocycles. The van der Waals surface area contributed by atoms with Crippen molar-refractivity contribution in [3.8, 4) is 0 Å². The Bertz CT molecular complexity index is 292. The lowest BCUT2D eigenvalue weighted by atomic mass is 10.2. The molecule has 0 aliphatic carbocycles. The van der Waals surface area contributed by atoms with Crippen LogP contribution in [0, 0.1) is 13.8 Å². The van der Waals surface area contributed by atoms with Gasteiger partial charge in [0.1, 0.15) is 6.10 Å². The molecule has 0 N–H and O–H groups in total. The number of aromatic nitrogens is 1. The minimum atomic E-state index is 0.469. The van der Waals surface area contributed by atoms with Crippen molar-refractivity contribution >= 4 is 0 Å². The second-order valence-electron chi connectivity index (χ2n) is 3.45. The minimum Gasteiger partial charge on any atom is -0.366 e. The van der Waals surface area contributed by atoms with Crippen LogP contribution in [0.2, 0.25) is 0 Å². The van der Waals surface area contributed by atoms with Gasteiger partial charge >= 0.3 is 0 Å². The van der Waals surface area contributed by atoms with Gasteiger partial charge in [-0.1, -0.05) is 0 Å². The fraction of sp³-hybridized carbons (Fsp3) is 0.500. The van der Waals surface area contributed by atoms with E-state index in [1.54, 1.807) is 0 Å². The Morgan fingerprint density at radius 1 is 1.58 bits per heavy atom. The lowest BCUT2D eigenvalue weighted by Crippen LogP contribution is -2.39. The van der Waals surface area contributed by atoms with E-state index in [2.05, 4.69) is 36.7 Å². The number of hydrogen-bond acceptors (Lipinski definition) is 1. The Hall–Kier alpha value is -0.890. The van der Waals surface area contributed by atoms with Gasteiger partial charge in [-0.05, 0) is 12.5 Å². The van der Waals surface area contributed by atoms with Gasteiger partial charge in [0, 0.05) is 19.1 Å². The van der Waals surface area contributed by atoms with Crippen LogP contribution in [0.25, 0.3) is 0 Å². The zero-order chi connectivity index (χ0) is 8.55. The normalized spacial score (nSPS) is 21.0. The molecule has 1 aromatic heterocycles. The Kier molecular flexibility index (Phi) is 1.85. The van der Waals surface area contributed by atoms with Crippen LogP contribution in [0.5, 0.6) is 0 Å². The van der Waals surface area contributed by atoms with Crippen molar-refractivity contribution in [2.75, 3.05) is 6.61 Å². The SMILES string of the molecule is Cc1cc[n+](CC2CO2)c(C)c1. The molecule has 64 valence electrons. The second-order valence-corrected chi connectivity index (χ2v) is 3.45. The molecule has 1 aliphatic rings. The van der Waals surface area contributed by atoms with Gasteiger partial charge in [0.25, 0.3) is 0 Å². The van der Waals surface area contributed by atoms with Gasteiger partial charge in [0.15, 0.2) is 18.4 Å². The molecule has 1 unspecified atom stereocenters. The molecule has 1 aliphatic heterocycles. The number of pyridine rings is 1. The summed E-state index contributed by atoms with van der Waals surface area (Å²) in [5.74, 6) is 0. The van der Waals surface area contributed by atoms with Gasteiger partial charge in [-0.2, -0.15) is 4.57 Å². The zero-order valence-electron chi connectivity index (χ0n) is 7.58. The summed E-state index contributed by atoms with van der Waals surface area (Å²) in [6, 6.07) is 4.33. The monoisotopic (exact) mass is 164 g/mol. The van der Waals surface area contributed by atoms with Crippen molar-refractivity contribution in [1.29, 1.82) is 0 Å². The lowest BCUT2D eigenvalue weighted by molar-refractivity contribution is -0.703. The molecule has 2 heteroatoms. The van der Waals surface area contributed by atoms with Crippen molar-refractivity contribution in [2.45, 2.75) is 26.5 Å². The number of aryl methyl sites for hydroxylation is 2. The predicted molar refractivity (Wildman–Crippen MR) is 45.9 cm³/mol. The first-order chi connectivity index (χ1) is 5.75. The first-order valence-electron chi connectivity index (χ1n) is 4.34. The summed E-state index contributed by atoms with van der Waals surface area (Å²) in [5.41, 5.74) is 2.63. The smallest absolute Gasteiger partial charge is 0.178 e. The summed E-state index contributed by atoms with van der Waals surface area (Å²) >= 11 is 0. The highest BCUT2D eigenvalue weighted by Crippen LogP contribution is 2.08. The molecule has 0 radical (unpaired) electrons. The van der Waals surface area contributed by atoms with Crippen LogP contribution >= 0.6 is 0 Å². The van der Waals surface area contributed by atoms with E-state index in [1.807, 2.05) is 0 Å². The quantitative estimate of drug-likeness (QED) is 0.470. The average molecular weight is 164 g/mol. The van der Waals surface area contributed by atoms with E-state index in [9.17, 15) is 0 Å². The van der Waals surface area contributed by atoms with E-state index in [-0.39, 0.29) is 0 Å². The number of nitrogens with zero attached hydrogens (tertiary/aromatic N) is 1. The summed E-state index contributed by atoms with van der Waals surface area (Å²) in [4.78, 5) is 0. The molecule has 0 amide bonds. The first kappa shape index (κ1) is 7.74. The van der Waals surface area contributed by atoms with Gasteiger partial charge in [-0.3, -0.25) is 0 Å². The topological polar surface area (TPSA) is 16.4 Å². The number of epoxide rings is 1. The van der Waals surface area contributed by atoms with E-state index in [0.717, 1.165) is 13.2 Å². The fourth-order valence-corrected chi connectivity index (χ4v) is 1.38. The van der Waals surface area contributed by atoms with E-state index in [0.29, 0.717) is 6.10 Å². The Morgan fingerprint density at radius 3 is 2.92 bits per heavy atom. The van der Waals surface area contributed by atoms with Gasteiger partial charge in [0.05, 0.1) is 6.61 Å². The van der Waals surface area contributed by atoms with Crippen molar-refractivity contribution in [1.82, 2.24) is 0 Å². The minimum absolute atomic E-state index is 0.469. The highest BCUT2D eigenvalue weighted by atomic mass is 16.6. The van der Waals surface area contributed by atoms with Crippen molar-refractivity contribution in [2.24, 2.45) is 0 Å². The van der Waals surface area contributed by atoms with Crippen LogP contribution in [0.4, 0.5) is 0 Å². The van der Waals surface area contributed by atoms with Crippen LogP contribution in [-0.2, 0) is 11.3 Å². The zero-order valence-corrected chi connectivity index (χ0v) is 7.58. The molecule has 2 nitrogen and oxygen atoms in total. The third kappa shape index (κ3) is 1.64. The van der Waals surface area contributed by atoms with Crippen LogP contribution in [0.1, 0.15) is 11.3 Å². The second kappa shape index (κ2) is 2.87. The molecule has 0 saturated carbocycles. The summed E-state index contributed by atoms with van der Waals surface area (Å²) < 4.78 is 7.42. The molecule has 0 aromatic carbocycles. The summed E-state index contributed by atoms with van der Waals surface area (Å²) in [7, 11) is 0. The standard InChI is InChI=1S/C10H14NO/c1-8-3-4-11(9(2)5-8)6-10-7-12-10/h3-5,10H,6-7H2,1-2H3/q+1.